The van der Waals surface area contributed by atoms with Crippen molar-refractivity contribution in [1.82, 2.24) is 0 Å². The van der Waals surface area contributed by atoms with E-state index in [0.29, 0.717) is 61.7 Å². The highest BCUT2D eigenvalue weighted by atomic mass is 31.2. The van der Waals surface area contributed by atoms with E-state index in [0.717, 1.165) is 43.3 Å². The molecule has 3 aromatic carbocycles. The van der Waals surface area contributed by atoms with E-state index >= 15 is 0 Å². The van der Waals surface area contributed by atoms with Crippen molar-refractivity contribution >= 4 is 43.2 Å². The Kier molecular flexibility index (Phi) is 45.2. The van der Waals surface area contributed by atoms with E-state index in [-0.39, 0.29) is 37.9 Å². The largest absolute Gasteiger partial charge is 0.477 e. The lowest BCUT2D eigenvalue weighted by Crippen LogP contribution is -2.45. The molecule has 0 saturated carbocycles. The minimum Gasteiger partial charge on any atom is -0.477 e. The van der Waals surface area contributed by atoms with Crippen molar-refractivity contribution < 1.29 is 58.8 Å². The second-order valence-electron chi connectivity index (χ2n) is 38.9. The smallest absolute Gasteiger partial charge is 0.397 e. The first-order valence-corrected chi connectivity index (χ1v) is 49.4. The maximum Gasteiger partial charge on any atom is 0.397 e. The van der Waals surface area contributed by atoms with Crippen LogP contribution in [0.3, 0.4) is 0 Å². The van der Waals surface area contributed by atoms with Crippen LogP contribution in [0.15, 0.2) is 36.4 Å². The van der Waals surface area contributed by atoms with Gasteiger partial charge in [-0.25, -0.2) is 0 Å². The Hall–Kier alpha value is -1.19. The van der Waals surface area contributed by atoms with Crippen molar-refractivity contribution in [3.63, 3.8) is 0 Å². The third-order valence-corrected chi connectivity index (χ3v) is 26.0. The highest BCUT2D eigenvalue weighted by molar-refractivity contribution is 7.43. The monoisotopic (exact) mass is 1630 g/mol. The topological polar surface area (TPSA) is 120 Å². The minimum absolute atomic E-state index is 0.0902. The highest BCUT2D eigenvalue weighted by Crippen LogP contribution is 2.58. The molecule has 4 aliphatic rings. The van der Waals surface area contributed by atoms with Gasteiger partial charge >= 0.3 is 34.4 Å². The van der Waals surface area contributed by atoms with Gasteiger partial charge in [-0.3, -0.25) is 0 Å². The Labute approximate surface area is 682 Å². The molecule has 18 heteroatoms. The normalized spacial score (nSPS) is 20.9. The zero-order valence-corrected chi connectivity index (χ0v) is 79.3. The molecule has 0 bridgehead atoms. The molecule has 0 aliphatic carbocycles. The van der Waals surface area contributed by atoms with Gasteiger partial charge in [0.15, 0.2) is 0 Å². The molecule has 110 heavy (non-hydrogen) atoms. The van der Waals surface area contributed by atoms with Crippen LogP contribution in [0.2, 0.25) is 0 Å². The van der Waals surface area contributed by atoms with Gasteiger partial charge < -0.3 is 58.8 Å². The zero-order chi connectivity index (χ0) is 81.1. The molecule has 4 saturated heterocycles. The second-order valence-corrected chi connectivity index (χ2v) is 44.2. The van der Waals surface area contributed by atoms with Crippen LogP contribution in [-0.4, -0.2) is 72.7 Å². The Morgan fingerprint density at radius 1 is 0.300 bits per heavy atom. The van der Waals surface area contributed by atoms with Gasteiger partial charge in [0.25, 0.3) is 0 Å². The van der Waals surface area contributed by atoms with Crippen molar-refractivity contribution in [2.45, 2.75) is 397 Å². The van der Waals surface area contributed by atoms with Crippen LogP contribution in [-0.2, 0) is 77.7 Å². The predicted octanol–water partition coefficient (Wildman–Crippen LogP) is 30.8. The molecule has 0 aromatic heterocycles. The fourth-order valence-electron chi connectivity index (χ4n) is 14.1. The molecule has 7 rings (SSSR count). The van der Waals surface area contributed by atoms with E-state index in [1.54, 1.807) is 0 Å². The summed E-state index contributed by atoms with van der Waals surface area (Å²) in [7, 11) is -5.11. The number of rotatable bonds is 42. The summed E-state index contributed by atoms with van der Waals surface area (Å²) in [6, 6.07) is 13.5. The average molecular weight is 1630 g/mol. The second kappa shape index (κ2) is 50.0. The Morgan fingerprint density at radius 3 is 0.755 bits per heavy atom. The van der Waals surface area contributed by atoms with Gasteiger partial charge in [0, 0.05) is 27.8 Å². The number of hydrogen-bond acceptors (Lipinski definition) is 13. The van der Waals surface area contributed by atoms with Gasteiger partial charge in [0.1, 0.15) is 17.2 Å². The number of unbranched alkanes of at least 4 members (excludes halogenated alkanes) is 30. The zero-order valence-electron chi connectivity index (χ0n) is 74.8. The number of benzene rings is 3. The molecule has 0 radical (unpaired) electrons. The van der Waals surface area contributed by atoms with Crippen LogP contribution in [0.1, 0.15) is 394 Å². The third kappa shape index (κ3) is 37.0. The molecular weight excluding hydrogens is 1470 g/mol. The summed E-state index contributed by atoms with van der Waals surface area (Å²) in [4.78, 5) is 0. The minimum atomic E-state index is -1.56. The summed E-state index contributed by atoms with van der Waals surface area (Å²) < 4.78 is 79.8. The van der Waals surface area contributed by atoms with Crippen LogP contribution in [0.25, 0.3) is 0 Å². The molecule has 3 aromatic rings. The lowest BCUT2D eigenvalue weighted by molar-refractivity contribution is -0.0761. The third-order valence-electron chi connectivity index (χ3n) is 21.4. The highest BCUT2D eigenvalue weighted by Gasteiger charge is 2.47. The van der Waals surface area contributed by atoms with Gasteiger partial charge in [-0.2, -0.15) is 0 Å². The van der Waals surface area contributed by atoms with E-state index < -0.39 is 39.8 Å². The van der Waals surface area contributed by atoms with Crippen LogP contribution in [0, 0.1) is 31.6 Å². The maximum atomic E-state index is 6.58. The lowest BCUT2D eigenvalue weighted by atomic mass is 9.78. The molecule has 0 amide bonds. The molecule has 0 N–H and O–H groups in total. The summed E-state index contributed by atoms with van der Waals surface area (Å²) in [5, 5.41) is 0. The Balaban J connectivity index is 0.000000323. The van der Waals surface area contributed by atoms with E-state index in [1.807, 2.05) is 0 Å². The van der Waals surface area contributed by atoms with E-state index in [4.69, 9.17) is 58.8 Å². The first kappa shape index (κ1) is 99.4. The summed E-state index contributed by atoms with van der Waals surface area (Å²) in [5.74, 6) is 2.84. The summed E-state index contributed by atoms with van der Waals surface area (Å²) in [5.41, 5.74) is 10.4. The molecule has 634 valence electrons. The Bertz CT molecular complexity index is 2740. The van der Waals surface area contributed by atoms with Crippen molar-refractivity contribution in [3.05, 3.63) is 86.5 Å². The van der Waals surface area contributed by atoms with E-state index in [9.17, 15) is 0 Å². The number of hydrogen-bond donors (Lipinski definition) is 0. The maximum absolute atomic E-state index is 6.58. The summed E-state index contributed by atoms with van der Waals surface area (Å²) in [6.07, 6.45) is 44.1. The fourth-order valence-corrected chi connectivity index (χ4v) is 19.7. The molecule has 4 aliphatic heterocycles. The predicted molar refractivity (Wildman–Crippen MR) is 473 cm³/mol. The van der Waals surface area contributed by atoms with Gasteiger partial charge in [-0.05, 0) is 83.9 Å². The summed E-state index contributed by atoms with van der Waals surface area (Å²) in [6.45, 7) is 58.7. The lowest BCUT2D eigenvalue weighted by Gasteiger charge is -2.42. The molecule has 4 heterocycles. The van der Waals surface area contributed by atoms with Crippen molar-refractivity contribution in [2.24, 2.45) is 10.8 Å². The molecule has 1 atom stereocenters. The first-order chi connectivity index (χ1) is 51.9. The van der Waals surface area contributed by atoms with Crippen LogP contribution >= 0.6 is 43.2 Å². The quantitative estimate of drug-likeness (QED) is 0.0396. The molecule has 2 spiro atoms. The number of aryl methyl sites for hydroxylation is 3. The first-order valence-electron chi connectivity index (χ1n) is 43.6. The van der Waals surface area contributed by atoms with Crippen LogP contribution in [0.4, 0.5) is 0 Å². The van der Waals surface area contributed by atoms with Gasteiger partial charge in [-0.1, -0.05) is 379 Å². The average Bonchev–Trinajstić information content (AvgIpc) is 0.778. The standard InChI is InChI=1S/C41H82O6P2.C35H54O6P2.C16H27OP/c1-3-5-7-9-11-13-15-17-19-21-23-25-27-29-31-33-35-42-48-44-37-41(38-45-48)39-46-49(47-40-41)43-36-34-32-30-28-26-24-22-20-18-16-14-12-10-8-6-4-2;1-23-15-25(31(3,4)5)29(26(16-23)32(6,7)8)40-42-36-19-35(20-37-42)21-38-43(39-22-35)41-30-27(33(9,10)11)17-24(2)18-28(30)34(12,13)14;1-11-9-12(15(2,3)4)10-13(16(5,6)7)14(11)17-18-8/h3-40H2,1-2H3;15-18H,19-22H2,1-14H3;9-10,18H,1-8H3. The van der Waals surface area contributed by atoms with Gasteiger partial charge in [0.05, 0.1) is 85.7 Å². The van der Waals surface area contributed by atoms with Crippen molar-refractivity contribution in [1.29, 1.82) is 0 Å². The molecule has 4 fully saturated rings. The van der Waals surface area contributed by atoms with Crippen molar-refractivity contribution in [3.8, 4) is 17.2 Å². The molecule has 13 nitrogen and oxygen atoms in total. The van der Waals surface area contributed by atoms with Crippen LogP contribution < -0.4 is 13.6 Å². The van der Waals surface area contributed by atoms with E-state index in [2.05, 4.69) is 202 Å². The summed E-state index contributed by atoms with van der Waals surface area (Å²) >= 11 is 0. The van der Waals surface area contributed by atoms with Gasteiger partial charge in [-0.15, -0.1) is 0 Å². The van der Waals surface area contributed by atoms with E-state index in [1.165, 1.54) is 243 Å². The molecular formula is C92H163O13P5. The Morgan fingerprint density at radius 2 is 0.527 bits per heavy atom. The van der Waals surface area contributed by atoms with Gasteiger partial charge in [0.2, 0.25) is 0 Å². The SMILES string of the molecule is CCCCCCCCCCCCCCCCCCOP1OCC2(CO1)COP(OCCCCCCCCCCCCCCCCCC)OC2.CPOc1c(C)cc(C(C)(C)C)cc1C(C)(C)C.Cc1cc(C(C)(C)C)c(OP2OCC3(CO2)COP(Oc2c(C(C)(C)C)cc(C)cc2C(C)(C)C)OC3)c(C(C)(C)C)c1. The fraction of sp³-hybridized carbons (Fsp3) is 0.804. The molecule has 1 unspecified atom stereocenters. The van der Waals surface area contributed by atoms with Crippen LogP contribution in [0.5, 0.6) is 17.2 Å². The van der Waals surface area contributed by atoms with Crippen molar-refractivity contribution in [2.75, 3.05) is 72.7 Å².